The van der Waals surface area contributed by atoms with Crippen LogP contribution in [0.5, 0.6) is 0 Å². The van der Waals surface area contributed by atoms with E-state index in [0.29, 0.717) is 27.9 Å². The molecule has 4 fully saturated rings. The highest BCUT2D eigenvalue weighted by molar-refractivity contribution is 6.35. The van der Waals surface area contributed by atoms with E-state index in [-0.39, 0.29) is 23.9 Å². The number of nitrogens with one attached hydrogen (secondary N) is 1. The summed E-state index contributed by atoms with van der Waals surface area (Å²) in [5, 5.41) is 13.9. The van der Waals surface area contributed by atoms with Crippen molar-refractivity contribution in [2.24, 2.45) is 17.8 Å². The Morgan fingerprint density at radius 1 is 1.15 bits per heavy atom. The lowest BCUT2D eigenvalue weighted by Gasteiger charge is -2.28. The first-order chi connectivity index (χ1) is 13.0. The first-order valence-corrected chi connectivity index (χ1v) is 10.5. The Morgan fingerprint density at radius 2 is 1.93 bits per heavy atom. The van der Waals surface area contributed by atoms with Gasteiger partial charge in [0.2, 0.25) is 5.91 Å². The number of fused-ring (bicyclic) bond motifs is 3. The van der Waals surface area contributed by atoms with Crippen molar-refractivity contribution in [2.45, 2.75) is 43.8 Å². The van der Waals surface area contributed by atoms with Crippen LogP contribution in [-0.4, -0.2) is 42.0 Å². The van der Waals surface area contributed by atoms with Crippen LogP contribution in [0.1, 0.15) is 25.7 Å². The molecule has 5 nitrogen and oxygen atoms in total. The predicted molar refractivity (Wildman–Crippen MR) is 105 cm³/mol. The van der Waals surface area contributed by atoms with Crippen molar-refractivity contribution in [3.63, 3.8) is 0 Å². The summed E-state index contributed by atoms with van der Waals surface area (Å²) in [6.45, 7) is 1.80. The summed E-state index contributed by atoms with van der Waals surface area (Å²) in [6.07, 6.45) is 6.35. The van der Waals surface area contributed by atoms with Gasteiger partial charge in [0.25, 0.3) is 0 Å². The summed E-state index contributed by atoms with van der Waals surface area (Å²) in [7, 11) is 0. The summed E-state index contributed by atoms with van der Waals surface area (Å²) in [4.78, 5) is 17.1. The minimum Gasteiger partial charge on any atom is -0.371 e. The zero-order valence-corrected chi connectivity index (χ0v) is 16.5. The van der Waals surface area contributed by atoms with Gasteiger partial charge in [-0.1, -0.05) is 23.2 Å². The molecule has 0 radical (unpaired) electrons. The molecule has 0 spiro atoms. The van der Waals surface area contributed by atoms with Gasteiger partial charge in [-0.25, -0.2) is 0 Å². The number of nitriles is 1. The van der Waals surface area contributed by atoms with E-state index in [1.807, 2.05) is 17.0 Å². The molecule has 7 heteroatoms. The van der Waals surface area contributed by atoms with Crippen LogP contribution in [0.3, 0.4) is 0 Å². The number of amides is 1. The Bertz CT molecular complexity index is 804. The normalized spacial score (nSPS) is 36.3. The molecule has 1 N–H and O–H groups in total. The number of rotatable bonds is 3. The van der Waals surface area contributed by atoms with Gasteiger partial charge in [-0.05, 0) is 55.7 Å². The third-order valence-corrected chi connectivity index (χ3v) is 7.43. The largest absolute Gasteiger partial charge is 0.371 e. The van der Waals surface area contributed by atoms with E-state index < -0.39 is 0 Å². The van der Waals surface area contributed by atoms with Crippen molar-refractivity contribution in [3.05, 3.63) is 28.2 Å². The quantitative estimate of drug-likeness (QED) is 0.785. The molecule has 1 aromatic rings. The van der Waals surface area contributed by atoms with Crippen molar-refractivity contribution >= 4 is 34.8 Å². The second kappa shape index (κ2) is 6.46. The van der Waals surface area contributed by atoms with Crippen molar-refractivity contribution < 1.29 is 4.79 Å². The third-order valence-electron chi connectivity index (χ3n) is 6.99. The molecule has 142 valence electrons. The highest BCUT2D eigenvalue weighted by atomic mass is 35.5. The highest BCUT2D eigenvalue weighted by Crippen LogP contribution is 2.52. The van der Waals surface area contributed by atoms with Gasteiger partial charge in [-0.2, -0.15) is 5.26 Å². The number of halogens is 2. The number of carbonyl (C=O) groups is 1. The van der Waals surface area contributed by atoms with E-state index in [1.165, 1.54) is 0 Å². The highest BCUT2D eigenvalue weighted by Gasteiger charge is 2.57. The number of anilines is 1. The number of benzene rings is 1. The van der Waals surface area contributed by atoms with Crippen molar-refractivity contribution in [3.8, 4) is 6.19 Å². The Morgan fingerprint density at radius 3 is 2.63 bits per heavy atom. The topological polar surface area (TPSA) is 59.4 Å². The molecule has 1 saturated carbocycles. The SMILES string of the molecule is N#CN1[C@H]2CC[C@@H]1[C@H](NC(=O)[C@H]1[C@@H]3CN(c4cc(Cl)cc(Cl)c4)CC[C@@H]31)C2. The van der Waals surface area contributed by atoms with Gasteiger partial charge in [-0.15, -0.1) is 0 Å². The average Bonchev–Trinajstić information content (AvgIpc) is 3.10. The van der Waals surface area contributed by atoms with Gasteiger partial charge in [-0.3, -0.25) is 4.79 Å². The Balaban J connectivity index is 1.22. The van der Waals surface area contributed by atoms with E-state index in [2.05, 4.69) is 16.4 Å². The molecule has 1 amide bonds. The van der Waals surface area contributed by atoms with Crippen LogP contribution in [0.4, 0.5) is 5.69 Å². The molecule has 3 heterocycles. The minimum absolute atomic E-state index is 0.110. The molecule has 1 aromatic carbocycles. The molecule has 6 atom stereocenters. The zero-order valence-electron chi connectivity index (χ0n) is 14.9. The number of hydrogen-bond acceptors (Lipinski definition) is 4. The van der Waals surface area contributed by atoms with E-state index in [4.69, 9.17) is 23.2 Å². The lowest BCUT2D eigenvalue weighted by molar-refractivity contribution is -0.123. The Hall–Kier alpha value is -1.64. The van der Waals surface area contributed by atoms with Crippen molar-refractivity contribution in [1.82, 2.24) is 10.2 Å². The maximum absolute atomic E-state index is 12.9. The summed E-state index contributed by atoms with van der Waals surface area (Å²) in [6, 6.07) is 6.30. The monoisotopic (exact) mass is 404 g/mol. The zero-order chi connectivity index (χ0) is 18.7. The fourth-order valence-corrected chi connectivity index (χ4v) is 6.18. The number of piperidine rings is 1. The molecule has 3 aliphatic heterocycles. The molecule has 27 heavy (non-hydrogen) atoms. The molecule has 3 saturated heterocycles. The van der Waals surface area contributed by atoms with Gasteiger partial charge >= 0.3 is 0 Å². The van der Waals surface area contributed by atoms with E-state index in [0.717, 1.165) is 44.5 Å². The molecular formula is C20H22Cl2N4O. The van der Waals surface area contributed by atoms with E-state index in [1.54, 1.807) is 6.07 Å². The maximum Gasteiger partial charge on any atom is 0.224 e. The Labute approximate surface area is 169 Å². The van der Waals surface area contributed by atoms with Crippen LogP contribution < -0.4 is 10.2 Å². The van der Waals surface area contributed by atoms with Crippen LogP contribution in [0.25, 0.3) is 0 Å². The fourth-order valence-electron chi connectivity index (χ4n) is 5.66. The Kier molecular flexibility index (Phi) is 4.18. The molecule has 2 bridgehead atoms. The second-order valence-corrected chi connectivity index (χ2v) is 9.25. The molecule has 5 rings (SSSR count). The first kappa shape index (κ1) is 17.5. The van der Waals surface area contributed by atoms with Crippen LogP contribution in [-0.2, 0) is 4.79 Å². The van der Waals surface area contributed by atoms with Crippen molar-refractivity contribution in [2.75, 3.05) is 18.0 Å². The second-order valence-electron chi connectivity index (χ2n) is 8.37. The van der Waals surface area contributed by atoms with E-state index in [9.17, 15) is 10.1 Å². The smallest absolute Gasteiger partial charge is 0.224 e. The fraction of sp³-hybridized carbons (Fsp3) is 0.600. The van der Waals surface area contributed by atoms with Gasteiger partial charge in [0, 0.05) is 40.8 Å². The van der Waals surface area contributed by atoms with Gasteiger partial charge in [0.05, 0.1) is 12.1 Å². The van der Waals surface area contributed by atoms with Gasteiger partial charge in [0.15, 0.2) is 6.19 Å². The number of carbonyl (C=O) groups excluding carboxylic acids is 1. The molecule has 4 aliphatic rings. The van der Waals surface area contributed by atoms with E-state index >= 15 is 0 Å². The average molecular weight is 405 g/mol. The standard InChI is InChI=1S/C20H22Cl2N4O/c21-11-5-12(22)7-14(6-11)25-4-3-15-16(9-25)19(15)20(27)24-17-8-13-1-2-18(17)26(13)10-23/h5-7,13,15-19H,1-4,8-9H2,(H,24,27)/t13-,15-,16+,17+,18+,19+/m0/s1. The number of hydrogen-bond donors (Lipinski definition) is 1. The lowest BCUT2D eigenvalue weighted by atomic mass is 9.95. The van der Waals surface area contributed by atoms with Crippen LogP contribution in [0, 0.1) is 29.2 Å². The van der Waals surface area contributed by atoms with Crippen LogP contribution >= 0.6 is 23.2 Å². The maximum atomic E-state index is 12.9. The first-order valence-electron chi connectivity index (χ1n) is 9.74. The summed E-state index contributed by atoms with van der Waals surface area (Å²) in [5.74, 6) is 1.19. The predicted octanol–water partition coefficient (Wildman–Crippen LogP) is 3.27. The molecular weight excluding hydrogens is 383 g/mol. The lowest BCUT2D eigenvalue weighted by Crippen LogP contribution is -2.44. The van der Waals surface area contributed by atoms with Crippen LogP contribution in [0.2, 0.25) is 10.0 Å². The number of nitrogens with zero attached hydrogens (tertiary/aromatic N) is 3. The molecule has 1 aliphatic carbocycles. The van der Waals surface area contributed by atoms with Gasteiger partial charge in [0.1, 0.15) is 0 Å². The minimum atomic E-state index is 0.110. The summed E-state index contributed by atoms with van der Waals surface area (Å²) in [5.41, 5.74) is 1.04. The summed E-state index contributed by atoms with van der Waals surface area (Å²) >= 11 is 12.3. The third kappa shape index (κ3) is 2.94. The summed E-state index contributed by atoms with van der Waals surface area (Å²) < 4.78 is 0. The molecule has 0 aromatic heterocycles. The van der Waals surface area contributed by atoms with Gasteiger partial charge < -0.3 is 15.1 Å². The van der Waals surface area contributed by atoms with Crippen molar-refractivity contribution in [1.29, 1.82) is 5.26 Å². The molecule has 0 unspecified atom stereocenters. The van der Waals surface area contributed by atoms with Crippen LogP contribution in [0.15, 0.2) is 18.2 Å².